The molecule has 0 aromatic heterocycles. The molecule has 2 heterocycles. The summed E-state index contributed by atoms with van der Waals surface area (Å²) < 4.78 is 0. The summed E-state index contributed by atoms with van der Waals surface area (Å²) in [5.74, 6) is 4.07. The first-order valence-electron chi connectivity index (χ1n) is 9.64. The van der Waals surface area contributed by atoms with E-state index in [0.717, 1.165) is 23.7 Å². The zero-order valence-electron chi connectivity index (χ0n) is 15.9. The molecular weight excluding hydrogens is 268 g/mol. The van der Waals surface area contributed by atoms with Crippen LogP contribution < -0.4 is 0 Å². The number of hydrogen-bond donors (Lipinski definition) is 0. The lowest BCUT2D eigenvalue weighted by molar-refractivity contribution is 0.0675. The Balaban J connectivity index is 1.50. The Morgan fingerprint density at radius 1 is 0.591 bits per heavy atom. The van der Waals surface area contributed by atoms with Crippen LogP contribution in [0.4, 0.5) is 0 Å². The molecule has 1 aliphatic carbocycles. The standard InChI is InChI=1S/C20H38N2/c1-19(2,3)21-9-7-15(8-10-21)16-11-17-13-22(20(4,5)6)14-18(17)12-16/h15-18H,7-14H2,1-6H3. The van der Waals surface area contributed by atoms with Crippen LogP contribution in [0.1, 0.15) is 67.2 Å². The Hall–Kier alpha value is -0.0800. The second kappa shape index (κ2) is 5.77. The van der Waals surface area contributed by atoms with Crippen molar-refractivity contribution in [3.05, 3.63) is 0 Å². The molecule has 0 spiro atoms. The van der Waals surface area contributed by atoms with Gasteiger partial charge in [-0.2, -0.15) is 0 Å². The molecule has 0 amide bonds. The third-order valence-corrected chi connectivity index (χ3v) is 6.89. The summed E-state index contributed by atoms with van der Waals surface area (Å²) in [6.07, 6.45) is 5.95. The molecular formula is C20H38N2. The van der Waals surface area contributed by atoms with Crippen molar-refractivity contribution in [3.8, 4) is 0 Å². The molecule has 0 aromatic rings. The lowest BCUT2D eigenvalue weighted by atomic mass is 9.81. The van der Waals surface area contributed by atoms with Crippen molar-refractivity contribution in [1.29, 1.82) is 0 Å². The molecule has 2 unspecified atom stereocenters. The Morgan fingerprint density at radius 3 is 1.45 bits per heavy atom. The lowest BCUT2D eigenvalue weighted by Crippen LogP contribution is -2.47. The molecule has 3 rings (SSSR count). The first-order chi connectivity index (χ1) is 10.1. The van der Waals surface area contributed by atoms with Gasteiger partial charge >= 0.3 is 0 Å². The molecule has 0 bridgehead atoms. The van der Waals surface area contributed by atoms with Crippen LogP contribution in [0.5, 0.6) is 0 Å². The van der Waals surface area contributed by atoms with E-state index in [2.05, 4.69) is 51.3 Å². The first-order valence-corrected chi connectivity index (χ1v) is 9.64. The topological polar surface area (TPSA) is 6.48 Å². The molecule has 22 heavy (non-hydrogen) atoms. The molecule has 3 aliphatic rings. The number of fused-ring (bicyclic) bond motifs is 1. The van der Waals surface area contributed by atoms with Crippen molar-refractivity contribution in [2.45, 2.75) is 78.3 Å². The molecule has 2 nitrogen and oxygen atoms in total. The fraction of sp³-hybridized carbons (Fsp3) is 1.00. The molecule has 2 aliphatic heterocycles. The van der Waals surface area contributed by atoms with E-state index < -0.39 is 0 Å². The highest BCUT2D eigenvalue weighted by atomic mass is 15.2. The highest BCUT2D eigenvalue weighted by Crippen LogP contribution is 2.48. The molecule has 2 atom stereocenters. The number of likely N-dealkylation sites (tertiary alicyclic amines) is 2. The van der Waals surface area contributed by atoms with Gasteiger partial charge in [0.2, 0.25) is 0 Å². The average molecular weight is 307 g/mol. The minimum absolute atomic E-state index is 0.365. The van der Waals surface area contributed by atoms with Crippen molar-refractivity contribution < 1.29 is 0 Å². The van der Waals surface area contributed by atoms with Crippen LogP contribution in [0.15, 0.2) is 0 Å². The van der Waals surface area contributed by atoms with Gasteiger partial charge in [0.25, 0.3) is 0 Å². The summed E-state index contributed by atoms with van der Waals surface area (Å²) >= 11 is 0. The Labute approximate surface area is 138 Å². The smallest absolute Gasteiger partial charge is 0.0125 e. The highest BCUT2D eigenvalue weighted by molar-refractivity contribution is 4.98. The van der Waals surface area contributed by atoms with Gasteiger partial charge in [-0.1, -0.05) is 0 Å². The van der Waals surface area contributed by atoms with Gasteiger partial charge < -0.3 is 0 Å². The fourth-order valence-corrected chi connectivity index (χ4v) is 5.32. The maximum Gasteiger partial charge on any atom is 0.0125 e. The van der Waals surface area contributed by atoms with E-state index in [0.29, 0.717) is 11.1 Å². The zero-order valence-corrected chi connectivity index (χ0v) is 15.9. The van der Waals surface area contributed by atoms with Crippen LogP contribution in [0, 0.1) is 23.7 Å². The van der Waals surface area contributed by atoms with E-state index in [-0.39, 0.29) is 0 Å². The minimum atomic E-state index is 0.365. The van der Waals surface area contributed by atoms with Crippen LogP contribution in [0.2, 0.25) is 0 Å². The summed E-state index contributed by atoms with van der Waals surface area (Å²) in [5.41, 5.74) is 0.738. The third kappa shape index (κ3) is 3.38. The number of nitrogens with zero attached hydrogens (tertiary/aromatic N) is 2. The quantitative estimate of drug-likeness (QED) is 0.714. The molecule has 1 saturated carbocycles. The number of hydrogen-bond acceptors (Lipinski definition) is 2. The van der Waals surface area contributed by atoms with E-state index >= 15 is 0 Å². The fourth-order valence-electron chi connectivity index (χ4n) is 5.32. The van der Waals surface area contributed by atoms with Gasteiger partial charge in [-0.15, -0.1) is 0 Å². The van der Waals surface area contributed by atoms with Crippen LogP contribution in [-0.2, 0) is 0 Å². The molecule has 0 radical (unpaired) electrons. The van der Waals surface area contributed by atoms with Gasteiger partial charge in [-0.3, -0.25) is 9.80 Å². The summed E-state index contributed by atoms with van der Waals surface area (Å²) in [5, 5.41) is 0. The SMILES string of the molecule is CC(C)(C)N1CCC(C2CC3CN(C(C)(C)C)CC3C2)CC1. The highest BCUT2D eigenvalue weighted by Gasteiger charge is 2.45. The van der Waals surface area contributed by atoms with Crippen molar-refractivity contribution in [3.63, 3.8) is 0 Å². The minimum Gasteiger partial charge on any atom is -0.298 e. The summed E-state index contributed by atoms with van der Waals surface area (Å²) in [7, 11) is 0. The van der Waals surface area contributed by atoms with E-state index in [1.54, 1.807) is 0 Å². The Morgan fingerprint density at radius 2 is 1.05 bits per heavy atom. The first kappa shape index (κ1) is 16.8. The summed E-state index contributed by atoms with van der Waals surface area (Å²) in [4.78, 5) is 5.43. The van der Waals surface area contributed by atoms with Gasteiger partial charge in [0, 0.05) is 24.2 Å². The van der Waals surface area contributed by atoms with Crippen molar-refractivity contribution in [2.24, 2.45) is 23.7 Å². The zero-order chi connectivity index (χ0) is 16.1. The average Bonchev–Trinajstić information content (AvgIpc) is 2.95. The summed E-state index contributed by atoms with van der Waals surface area (Å²) in [6, 6.07) is 0. The van der Waals surface area contributed by atoms with Crippen LogP contribution in [0.25, 0.3) is 0 Å². The second-order valence-corrected chi connectivity index (χ2v) is 10.3. The largest absolute Gasteiger partial charge is 0.298 e. The molecule has 128 valence electrons. The predicted octanol–water partition coefficient (Wildman–Crippen LogP) is 4.25. The van der Waals surface area contributed by atoms with Crippen molar-refractivity contribution in [2.75, 3.05) is 26.2 Å². The van der Waals surface area contributed by atoms with Gasteiger partial charge in [0.15, 0.2) is 0 Å². The van der Waals surface area contributed by atoms with Crippen LogP contribution >= 0.6 is 0 Å². The third-order valence-electron chi connectivity index (χ3n) is 6.89. The predicted molar refractivity (Wildman–Crippen MR) is 95.1 cm³/mol. The molecule has 0 aromatic carbocycles. The van der Waals surface area contributed by atoms with E-state index in [9.17, 15) is 0 Å². The maximum absolute atomic E-state index is 2.74. The lowest BCUT2D eigenvalue weighted by Gasteiger charge is -2.42. The van der Waals surface area contributed by atoms with E-state index in [1.165, 1.54) is 51.9 Å². The number of rotatable bonds is 1. The van der Waals surface area contributed by atoms with E-state index in [1.807, 2.05) is 0 Å². The summed E-state index contributed by atoms with van der Waals surface area (Å²) in [6.45, 7) is 19.6. The van der Waals surface area contributed by atoms with Gasteiger partial charge in [-0.05, 0) is 104 Å². The Kier molecular flexibility index (Phi) is 4.40. The molecule has 0 N–H and O–H groups in total. The normalized spacial score (nSPS) is 36.0. The van der Waals surface area contributed by atoms with Crippen molar-refractivity contribution in [1.82, 2.24) is 9.80 Å². The van der Waals surface area contributed by atoms with Crippen LogP contribution in [0.3, 0.4) is 0 Å². The van der Waals surface area contributed by atoms with Gasteiger partial charge in [-0.25, -0.2) is 0 Å². The maximum atomic E-state index is 2.74. The monoisotopic (exact) mass is 306 g/mol. The van der Waals surface area contributed by atoms with Crippen LogP contribution in [-0.4, -0.2) is 47.1 Å². The van der Waals surface area contributed by atoms with Gasteiger partial charge in [0.1, 0.15) is 0 Å². The van der Waals surface area contributed by atoms with E-state index in [4.69, 9.17) is 0 Å². The molecule has 3 fully saturated rings. The second-order valence-electron chi connectivity index (χ2n) is 10.3. The molecule has 2 saturated heterocycles. The molecule has 2 heteroatoms. The Bertz CT molecular complexity index is 367. The van der Waals surface area contributed by atoms with Crippen molar-refractivity contribution >= 4 is 0 Å². The van der Waals surface area contributed by atoms with Gasteiger partial charge in [0.05, 0.1) is 0 Å². The number of piperidine rings is 1.